The molecule has 1 N–H and O–H groups in total. The van der Waals surface area contributed by atoms with Crippen LogP contribution in [0, 0.1) is 23.2 Å². The first kappa shape index (κ1) is 45.9. The van der Waals surface area contributed by atoms with Crippen LogP contribution in [0.5, 0.6) is 11.5 Å². The van der Waals surface area contributed by atoms with Gasteiger partial charge in [0.25, 0.3) is 14.1 Å². The molecule has 0 saturated carbocycles. The van der Waals surface area contributed by atoms with Crippen LogP contribution in [0.25, 0.3) is 11.2 Å². The third-order valence-electron chi connectivity index (χ3n) is 10.2. The normalized spacial score (nSPS) is 17.1. The standard InChI is InChI=1S/C46H55N8O7P/c1-10-15-40-49-42-43(50-45(51-44(42)55)48-30-52(6)7)53(40)41-28-38(61-62(59-27-14-26-47)54(31(2)3)32(4)5)39(60-41)29-58-46(33-16-12-11-13-17-33,34-18-22-36(56-8)23-19-34)35-20-24-37(57-9)25-21-35/h11-13,16-25,30-32,38-39,41H,14,27-29H2,1-9H3,(H,50,51,55)/b48-30+/t38-,39+,41+,62?/m0/s1. The summed E-state index contributed by atoms with van der Waals surface area (Å²) in [6.07, 6.45) is -0.0542. The van der Waals surface area contributed by atoms with Crippen LogP contribution in [0.15, 0.2) is 88.6 Å². The summed E-state index contributed by atoms with van der Waals surface area (Å²) in [4.78, 5) is 31.7. The maximum Gasteiger partial charge on any atom is 0.280 e. The molecule has 326 valence electrons. The Balaban J connectivity index is 1.50. The van der Waals surface area contributed by atoms with E-state index in [1.807, 2.05) is 93.0 Å². The van der Waals surface area contributed by atoms with Gasteiger partial charge >= 0.3 is 0 Å². The van der Waals surface area contributed by atoms with Crippen LogP contribution in [0.1, 0.15) is 76.2 Å². The molecule has 5 aromatic rings. The smallest absolute Gasteiger partial charge is 0.280 e. The van der Waals surface area contributed by atoms with Crippen molar-refractivity contribution in [3.05, 3.63) is 112 Å². The number of aromatic nitrogens is 4. The summed E-state index contributed by atoms with van der Waals surface area (Å²) in [5.74, 6) is 7.80. The van der Waals surface area contributed by atoms with Gasteiger partial charge in [0, 0.05) is 32.6 Å². The van der Waals surface area contributed by atoms with Crippen molar-refractivity contribution in [3.8, 4) is 29.4 Å². The third kappa shape index (κ3) is 10.2. The largest absolute Gasteiger partial charge is 0.497 e. The monoisotopic (exact) mass is 862 g/mol. The number of benzene rings is 3. The molecule has 1 saturated heterocycles. The molecule has 16 heteroatoms. The highest BCUT2D eigenvalue weighted by molar-refractivity contribution is 7.44. The number of H-pyrrole nitrogens is 1. The molecule has 6 rings (SSSR count). The van der Waals surface area contributed by atoms with Crippen LogP contribution in [0.4, 0.5) is 5.95 Å². The number of aliphatic imine (C=N–C) groups is 1. The lowest BCUT2D eigenvalue weighted by molar-refractivity contribution is -0.0913. The van der Waals surface area contributed by atoms with Crippen LogP contribution < -0.4 is 15.0 Å². The zero-order chi connectivity index (χ0) is 44.4. The average Bonchev–Trinajstić information content (AvgIpc) is 3.84. The molecule has 0 radical (unpaired) electrons. The van der Waals surface area contributed by atoms with Gasteiger partial charge in [0.1, 0.15) is 29.4 Å². The molecule has 15 nitrogen and oxygen atoms in total. The van der Waals surface area contributed by atoms with Crippen LogP contribution in [0.3, 0.4) is 0 Å². The minimum absolute atomic E-state index is 0.0344. The number of rotatable bonds is 19. The van der Waals surface area contributed by atoms with E-state index in [1.165, 1.54) is 0 Å². The molecule has 0 amide bonds. The summed E-state index contributed by atoms with van der Waals surface area (Å²) in [6, 6.07) is 28.0. The number of ether oxygens (including phenoxy) is 4. The molecule has 2 aromatic heterocycles. The Kier molecular flexibility index (Phi) is 15.5. The predicted molar refractivity (Wildman–Crippen MR) is 239 cm³/mol. The number of nitrogens with one attached hydrogen (secondary N) is 1. The molecule has 1 unspecified atom stereocenters. The molecule has 3 aromatic carbocycles. The van der Waals surface area contributed by atoms with E-state index in [-0.39, 0.29) is 55.3 Å². The van der Waals surface area contributed by atoms with E-state index in [0.29, 0.717) is 17.3 Å². The highest BCUT2D eigenvalue weighted by atomic mass is 31.2. The molecule has 1 aliphatic rings. The van der Waals surface area contributed by atoms with Crippen molar-refractivity contribution in [3.63, 3.8) is 0 Å². The molecular formula is C46H55N8O7P. The van der Waals surface area contributed by atoms with E-state index < -0.39 is 38.1 Å². The molecule has 0 spiro atoms. The molecule has 1 fully saturated rings. The SMILES string of the molecule is CC#Cc1nc2c(=O)[nH]c(/N=C/N(C)C)nc2n1[C@H]1C[C@H](OP(OCCC#N)N(C(C)C)C(C)C)[C@@H](COC(c2ccccc2)(c2ccc(OC)cc2)c2ccc(OC)cc2)O1. The Morgan fingerprint density at radius 2 is 1.58 bits per heavy atom. The van der Waals surface area contributed by atoms with Gasteiger partial charge < -0.3 is 32.9 Å². The lowest BCUT2D eigenvalue weighted by Gasteiger charge is -2.39. The maximum absolute atomic E-state index is 13.5. The summed E-state index contributed by atoms with van der Waals surface area (Å²) in [6.45, 7) is 10.3. The zero-order valence-electron chi connectivity index (χ0n) is 36.7. The van der Waals surface area contributed by atoms with Crippen molar-refractivity contribution < 1.29 is 28.0 Å². The fraction of sp³-hybridized carbons (Fsp3) is 0.413. The Hall–Kier alpha value is -5.64. The topological polar surface area (TPSA) is 162 Å². The second-order valence-electron chi connectivity index (χ2n) is 15.3. The second-order valence-corrected chi connectivity index (χ2v) is 16.7. The lowest BCUT2D eigenvalue weighted by Crippen LogP contribution is -2.39. The lowest BCUT2D eigenvalue weighted by atomic mass is 9.80. The van der Waals surface area contributed by atoms with Crippen molar-refractivity contribution in [1.82, 2.24) is 29.1 Å². The number of aromatic amines is 1. The van der Waals surface area contributed by atoms with E-state index >= 15 is 0 Å². The Bertz CT molecular complexity index is 2380. The highest BCUT2D eigenvalue weighted by Crippen LogP contribution is 2.51. The average molecular weight is 863 g/mol. The van der Waals surface area contributed by atoms with Gasteiger partial charge in [0.15, 0.2) is 17.0 Å². The molecule has 3 heterocycles. The summed E-state index contributed by atoms with van der Waals surface area (Å²) in [5, 5.41) is 9.46. The minimum Gasteiger partial charge on any atom is -0.497 e. The quantitative estimate of drug-likeness (QED) is 0.0216. The summed E-state index contributed by atoms with van der Waals surface area (Å²) in [5.41, 5.74) is 1.32. The number of hydrogen-bond acceptors (Lipinski definition) is 12. The Morgan fingerprint density at radius 1 is 0.968 bits per heavy atom. The van der Waals surface area contributed by atoms with Crippen molar-refractivity contribution >= 4 is 32.0 Å². The van der Waals surface area contributed by atoms with Crippen molar-refractivity contribution in [2.75, 3.05) is 41.5 Å². The molecule has 1 aliphatic heterocycles. The first-order valence-corrected chi connectivity index (χ1v) is 21.6. The van der Waals surface area contributed by atoms with Gasteiger partial charge in [-0.2, -0.15) is 10.2 Å². The molecule has 4 atom stereocenters. The van der Waals surface area contributed by atoms with Crippen LogP contribution in [0.2, 0.25) is 0 Å². The number of imidazole rings is 1. The van der Waals surface area contributed by atoms with Crippen LogP contribution in [-0.2, 0) is 24.1 Å². The number of methoxy groups -OCH3 is 2. The van der Waals surface area contributed by atoms with Gasteiger partial charge in [-0.3, -0.25) is 14.3 Å². The Labute approximate surface area is 364 Å². The van der Waals surface area contributed by atoms with Crippen LogP contribution in [-0.4, -0.2) is 101 Å². The number of nitriles is 1. The number of nitrogens with zero attached hydrogens (tertiary/aromatic N) is 7. The van der Waals surface area contributed by atoms with Crippen molar-refractivity contribution in [2.24, 2.45) is 4.99 Å². The first-order chi connectivity index (χ1) is 29.9. The minimum atomic E-state index is -1.71. The highest BCUT2D eigenvalue weighted by Gasteiger charge is 2.45. The van der Waals surface area contributed by atoms with E-state index in [4.69, 9.17) is 33.0 Å². The van der Waals surface area contributed by atoms with Crippen molar-refractivity contribution in [2.45, 2.75) is 83.6 Å². The summed E-state index contributed by atoms with van der Waals surface area (Å²) in [7, 11) is 5.20. The molecule has 62 heavy (non-hydrogen) atoms. The molecular weight excluding hydrogens is 808 g/mol. The zero-order valence-corrected chi connectivity index (χ0v) is 37.6. The van der Waals surface area contributed by atoms with E-state index in [9.17, 15) is 10.1 Å². The van der Waals surface area contributed by atoms with Gasteiger partial charge in [-0.1, -0.05) is 60.5 Å². The predicted octanol–water partition coefficient (Wildman–Crippen LogP) is 7.69. The van der Waals surface area contributed by atoms with E-state index in [0.717, 1.165) is 16.7 Å². The third-order valence-corrected chi connectivity index (χ3v) is 12.3. The first-order valence-electron chi connectivity index (χ1n) is 20.5. The van der Waals surface area contributed by atoms with Gasteiger partial charge in [-0.25, -0.2) is 14.6 Å². The van der Waals surface area contributed by atoms with Gasteiger partial charge in [0.2, 0.25) is 5.95 Å². The summed E-state index contributed by atoms with van der Waals surface area (Å²) < 4.78 is 43.0. The van der Waals surface area contributed by atoms with Gasteiger partial charge in [-0.05, 0) is 81.5 Å². The van der Waals surface area contributed by atoms with E-state index in [1.54, 1.807) is 36.9 Å². The van der Waals surface area contributed by atoms with Gasteiger partial charge in [0.05, 0.1) is 52.4 Å². The fourth-order valence-electron chi connectivity index (χ4n) is 7.49. The van der Waals surface area contributed by atoms with Gasteiger partial charge in [-0.15, -0.1) is 0 Å². The summed E-state index contributed by atoms with van der Waals surface area (Å²) >= 11 is 0. The number of hydrogen-bond donors (Lipinski definition) is 1. The second kappa shape index (κ2) is 21.0. The Morgan fingerprint density at radius 3 is 2.13 bits per heavy atom. The number of fused-ring (bicyclic) bond motifs is 1. The molecule has 0 aliphatic carbocycles. The maximum atomic E-state index is 13.5. The fourth-order valence-corrected chi connectivity index (χ4v) is 9.25. The van der Waals surface area contributed by atoms with Crippen molar-refractivity contribution in [1.29, 1.82) is 5.26 Å². The molecule has 0 bridgehead atoms. The van der Waals surface area contributed by atoms with E-state index in [2.05, 4.69) is 65.2 Å². The van der Waals surface area contributed by atoms with Crippen LogP contribution >= 0.6 is 8.53 Å².